The molecule has 0 saturated heterocycles. The molecule has 2 heterocycles. The number of fused-ring (bicyclic) bond motifs is 2. The second kappa shape index (κ2) is 11.5. The first-order valence-corrected chi connectivity index (χ1v) is 12.5. The molecule has 0 aliphatic heterocycles. The Balaban J connectivity index is 0.00000353. The van der Waals surface area contributed by atoms with Crippen molar-refractivity contribution in [2.24, 2.45) is 14.1 Å². The molecule has 6 rings (SSSR count). The van der Waals surface area contributed by atoms with Crippen LogP contribution in [-0.2, 0) is 35.2 Å². The van der Waals surface area contributed by atoms with Crippen molar-refractivity contribution in [2.45, 2.75) is 0 Å². The first-order chi connectivity index (χ1) is 19.8. The van der Waals surface area contributed by atoms with E-state index in [1.807, 2.05) is 0 Å². The molecule has 42 heavy (non-hydrogen) atoms. The van der Waals surface area contributed by atoms with Crippen LogP contribution < -0.4 is 36.1 Å². The van der Waals surface area contributed by atoms with E-state index in [2.05, 4.69) is 24.8 Å². The minimum absolute atomic E-state index is 0. The Morgan fingerprint density at radius 2 is 0.929 bits per heavy atom. The van der Waals surface area contributed by atoms with Crippen LogP contribution in [0.2, 0.25) is 0 Å². The average molecular weight is 736 g/mol. The second-order valence-electron chi connectivity index (χ2n) is 9.20. The van der Waals surface area contributed by atoms with Crippen molar-refractivity contribution in [3.8, 4) is 22.9 Å². The summed E-state index contributed by atoms with van der Waals surface area (Å²) < 4.78 is 10.9. The van der Waals surface area contributed by atoms with Crippen LogP contribution in [0.5, 0.6) is 11.5 Å². The van der Waals surface area contributed by atoms with Crippen molar-refractivity contribution in [1.29, 1.82) is 0 Å². The molecule has 0 unspecified atom stereocenters. The Kier molecular flexibility index (Phi) is 7.78. The van der Waals surface area contributed by atoms with Gasteiger partial charge < -0.3 is 13.9 Å². The van der Waals surface area contributed by atoms with Crippen molar-refractivity contribution < 1.29 is 34.9 Å². The van der Waals surface area contributed by atoms with E-state index in [1.54, 1.807) is 84.9 Å². The zero-order chi connectivity index (χ0) is 28.7. The maximum Gasteiger partial charge on any atom is 4.00 e. The number of hydrogen-bond acceptors (Lipinski definition) is 5. The second-order valence-corrected chi connectivity index (χ2v) is 9.20. The van der Waals surface area contributed by atoms with E-state index in [4.69, 9.17) is 4.74 Å². The SMILES string of the molecule is C[n+]1[c-]n(-c2[c-]c(Oc3[c-]c(-n4[c-][n+](C)c(=O)c5ccccc5c4=O)ccc3)ccc2)c(=O)c2ccccc2c1=O.[Pt+4]. The van der Waals surface area contributed by atoms with Crippen molar-refractivity contribution in [2.75, 3.05) is 0 Å². The summed E-state index contributed by atoms with van der Waals surface area (Å²) >= 11 is 0. The molecule has 206 valence electrons. The molecule has 10 heteroatoms. The molecule has 0 aliphatic carbocycles. The van der Waals surface area contributed by atoms with Gasteiger partial charge in [0.15, 0.2) is 0 Å². The molecule has 0 spiro atoms. The molecule has 6 aromatic rings. The summed E-state index contributed by atoms with van der Waals surface area (Å²) in [5, 5.41) is 1.05. The summed E-state index contributed by atoms with van der Waals surface area (Å²) in [6.07, 6.45) is 5.60. The summed E-state index contributed by atoms with van der Waals surface area (Å²) in [7, 11) is 3.04. The van der Waals surface area contributed by atoms with Gasteiger partial charge in [-0.1, -0.05) is 59.9 Å². The number of aromatic nitrogens is 4. The Morgan fingerprint density at radius 3 is 1.33 bits per heavy atom. The predicted octanol–water partition coefficient (Wildman–Crippen LogP) is 1.65. The molecule has 0 fully saturated rings. The van der Waals surface area contributed by atoms with E-state index in [-0.39, 0.29) is 65.2 Å². The molecule has 0 atom stereocenters. The fraction of sp³-hybridized carbons (Fsp3) is 0.0625. The number of aryl methyl sites for hydroxylation is 2. The van der Waals surface area contributed by atoms with Gasteiger partial charge >= 0.3 is 21.1 Å². The molecule has 2 aromatic heterocycles. The van der Waals surface area contributed by atoms with Crippen LogP contribution in [-0.4, -0.2) is 9.13 Å². The minimum Gasteiger partial charge on any atom is -0.511 e. The van der Waals surface area contributed by atoms with Crippen LogP contribution in [0.4, 0.5) is 0 Å². The first kappa shape index (κ1) is 28.5. The Morgan fingerprint density at radius 1 is 0.548 bits per heavy atom. The van der Waals surface area contributed by atoms with Gasteiger partial charge in [-0.05, 0) is 0 Å². The van der Waals surface area contributed by atoms with Crippen LogP contribution in [0.25, 0.3) is 32.9 Å². The van der Waals surface area contributed by atoms with Gasteiger partial charge in [0.25, 0.3) is 22.2 Å². The zero-order valence-electron chi connectivity index (χ0n) is 22.2. The molecule has 0 radical (unpaired) electrons. The number of benzene rings is 4. The standard InChI is InChI=1S/C32H20N4O5.Pt/c1-33-19-35(31(39)27-15-5-3-13-25(27)29(33)37)21-9-7-11-23(17-21)41-24-12-8-10-22(18-24)36-20-34(2)30(38)26-14-4-6-16-28(26)32(36)40;/h3-16H,1-2H3;/q-2;+4. The Bertz CT molecular complexity index is 2100. The van der Waals surface area contributed by atoms with Gasteiger partial charge in [0.1, 0.15) is 0 Å². The quantitative estimate of drug-likeness (QED) is 0.203. The van der Waals surface area contributed by atoms with E-state index in [1.165, 1.54) is 32.4 Å². The third kappa shape index (κ3) is 5.10. The normalized spacial score (nSPS) is 10.8. The topological polar surface area (TPSA) is 95.1 Å². The summed E-state index contributed by atoms with van der Waals surface area (Å²) in [5.41, 5.74) is -0.985. The summed E-state index contributed by atoms with van der Waals surface area (Å²) in [4.78, 5) is 52.3. The maximum atomic E-state index is 13.4. The van der Waals surface area contributed by atoms with Crippen molar-refractivity contribution in [3.63, 3.8) is 0 Å². The third-order valence-corrected chi connectivity index (χ3v) is 6.50. The van der Waals surface area contributed by atoms with Gasteiger partial charge in [-0.3, -0.25) is 28.3 Å². The maximum absolute atomic E-state index is 13.4. The molecule has 4 aromatic carbocycles. The van der Waals surface area contributed by atoms with E-state index in [9.17, 15) is 19.2 Å². The van der Waals surface area contributed by atoms with Crippen molar-refractivity contribution >= 4 is 21.5 Å². The summed E-state index contributed by atoms with van der Waals surface area (Å²) in [6.45, 7) is 0. The largest absolute Gasteiger partial charge is 4.00 e. The van der Waals surface area contributed by atoms with E-state index < -0.39 is 11.1 Å². The molecule has 0 amide bonds. The fourth-order valence-corrected chi connectivity index (χ4v) is 4.49. The number of ether oxygens (including phenoxy) is 1. The zero-order valence-corrected chi connectivity index (χ0v) is 24.5. The smallest absolute Gasteiger partial charge is 0.511 e. The first-order valence-electron chi connectivity index (χ1n) is 12.5. The molecule has 9 nitrogen and oxygen atoms in total. The summed E-state index contributed by atoms with van der Waals surface area (Å²) in [5.74, 6) is 0.509. The monoisotopic (exact) mass is 735 g/mol. The van der Waals surface area contributed by atoms with Gasteiger partial charge in [-0.15, -0.1) is 24.3 Å². The molecule has 0 aliphatic rings. The third-order valence-electron chi connectivity index (χ3n) is 6.50. The number of rotatable bonds is 4. The molecular weight excluding hydrogens is 715 g/mol. The van der Waals surface area contributed by atoms with Crippen LogP contribution in [0, 0.1) is 24.8 Å². The van der Waals surface area contributed by atoms with Crippen LogP contribution in [0.3, 0.4) is 0 Å². The van der Waals surface area contributed by atoms with Gasteiger partial charge in [-0.25, -0.2) is 0 Å². The van der Waals surface area contributed by atoms with Crippen LogP contribution >= 0.6 is 0 Å². The van der Waals surface area contributed by atoms with Gasteiger partial charge in [0.05, 0.1) is 14.1 Å². The fourth-order valence-electron chi connectivity index (χ4n) is 4.49. The number of nitrogens with zero attached hydrogens (tertiary/aromatic N) is 4. The Hall–Kier alpha value is -5.01. The van der Waals surface area contributed by atoms with E-state index in [0.29, 0.717) is 11.4 Å². The average Bonchev–Trinajstić information content (AvgIpc) is 3.16. The van der Waals surface area contributed by atoms with Gasteiger partial charge in [0, 0.05) is 33.0 Å². The van der Waals surface area contributed by atoms with Crippen molar-refractivity contribution in [3.05, 3.63) is 151 Å². The van der Waals surface area contributed by atoms with Crippen LogP contribution in [0.15, 0.2) is 104 Å². The molecule has 0 N–H and O–H groups in total. The molecule has 0 bridgehead atoms. The molecular formula is C32H20N4O5Pt+2. The predicted molar refractivity (Wildman–Crippen MR) is 149 cm³/mol. The Labute approximate surface area is 253 Å². The summed E-state index contributed by atoms with van der Waals surface area (Å²) in [6, 6.07) is 29.2. The van der Waals surface area contributed by atoms with Gasteiger partial charge in [-0.2, -0.15) is 24.3 Å². The minimum atomic E-state index is -0.440. The van der Waals surface area contributed by atoms with E-state index in [0.717, 1.165) is 0 Å². The van der Waals surface area contributed by atoms with E-state index >= 15 is 0 Å². The molecule has 0 saturated carbocycles. The van der Waals surface area contributed by atoms with Gasteiger partial charge in [0.2, 0.25) is 12.7 Å². The van der Waals surface area contributed by atoms with Crippen molar-refractivity contribution in [1.82, 2.24) is 9.13 Å². The number of hydrogen-bond donors (Lipinski definition) is 0. The van der Waals surface area contributed by atoms with Crippen LogP contribution in [0.1, 0.15) is 0 Å².